The van der Waals surface area contributed by atoms with Gasteiger partial charge in [-0.1, -0.05) is 0 Å². The van der Waals surface area contributed by atoms with Crippen molar-refractivity contribution in [1.82, 2.24) is 29.6 Å². The Hall–Kier alpha value is -3.02. The van der Waals surface area contributed by atoms with Gasteiger partial charge in [0.15, 0.2) is 18.3 Å². The Morgan fingerprint density at radius 1 is 1.32 bits per heavy atom. The fraction of sp³-hybridized carbons (Fsp3) is 0.385. The molecule has 112 valence electrons. The lowest BCUT2D eigenvalue weighted by molar-refractivity contribution is -0.131. The highest BCUT2D eigenvalue weighted by Crippen LogP contribution is 2.14. The first-order chi connectivity index (χ1) is 10.8. The molecule has 1 aliphatic heterocycles. The lowest BCUT2D eigenvalue weighted by atomic mass is 10.3. The number of aromatic nitrogens is 5. The Labute approximate surface area is 126 Å². The standard InChI is InChI=1S/C13H13N7O2/c14-3-2-12(21)19-6-7-20-10(8-19)17-18-11(20)9-22-13-15-4-1-5-16-13/h1,4-5H,2,6-9H2. The molecule has 9 nitrogen and oxygen atoms in total. The predicted molar refractivity (Wildman–Crippen MR) is 72.0 cm³/mol. The van der Waals surface area contributed by atoms with E-state index >= 15 is 0 Å². The van der Waals surface area contributed by atoms with Crippen molar-refractivity contribution in [3.05, 3.63) is 30.1 Å². The summed E-state index contributed by atoms with van der Waals surface area (Å²) in [5.41, 5.74) is 0. The average molecular weight is 299 g/mol. The van der Waals surface area contributed by atoms with Gasteiger partial charge in [-0.2, -0.15) is 5.26 Å². The van der Waals surface area contributed by atoms with Crippen molar-refractivity contribution in [2.24, 2.45) is 0 Å². The molecule has 0 spiro atoms. The normalized spacial score (nSPS) is 13.3. The molecular weight excluding hydrogens is 286 g/mol. The van der Waals surface area contributed by atoms with Gasteiger partial charge in [0, 0.05) is 25.5 Å². The van der Waals surface area contributed by atoms with Crippen LogP contribution in [0.4, 0.5) is 0 Å². The molecule has 9 heteroatoms. The third-order valence-corrected chi connectivity index (χ3v) is 3.29. The minimum atomic E-state index is -0.188. The summed E-state index contributed by atoms with van der Waals surface area (Å²) in [5.74, 6) is 1.16. The Balaban J connectivity index is 1.66. The van der Waals surface area contributed by atoms with Crippen molar-refractivity contribution >= 4 is 5.91 Å². The number of ether oxygens (including phenoxy) is 1. The highest BCUT2D eigenvalue weighted by molar-refractivity contribution is 5.78. The van der Waals surface area contributed by atoms with Crippen molar-refractivity contribution in [2.45, 2.75) is 26.1 Å². The molecule has 2 aromatic rings. The molecular formula is C13H13N7O2. The van der Waals surface area contributed by atoms with Crippen molar-refractivity contribution < 1.29 is 9.53 Å². The van der Waals surface area contributed by atoms with Gasteiger partial charge in [-0.25, -0.2) is 9.97 Å². The fourth-order valence-electron chi connectivity index (χ4n) is 2.21. The minimum Gasteiger partial charge on any atom is -0.455 e. The topological polar surface area (TPSA) is 110 Å². The number of fused-ring (bicyclic) bond motifs is 1. The van der Waals surface area contributed by atoms with E-state index in [0.717, 1.165) is 0 Å². The van der Waals surface area contributed by atoms with E-state index in [-0.39, 0.29) is 24.9 Å². The molecule has 3 rings (SSSR count). The zero-order valence-electron chi connectivity index (χ0n) is 11.7. The van der Waals surface area contributed by atoms with E-state index in [0.29, 0.717) is 31.3 Å². The number of carbonyl (C=O) groups is 1. The van der Waals surface area contributed by atoms with E-state index in [1.54, 1.807) is 23.4 Å². The predicted octanol–water partition coefficient (Wildman–Crippen LogP) is -0.0970. The van der Waals surface area contributed by atoms with Crippen LogP contribution in [0.1, 0.15) is 18.1 Å². The third-order valence-electron chi connectivity index (χ3n) is 3.29. The van der Waals surface area contributed by atoms with Crippen LogP contribution in [0, 0.1) is 11.3 Å². The third kappa shape index (κ3) is 2.85. The molecule has 0 unspecified atom stereocenters. The van der Waals surface area contributed by atoms with Crippen LogP contribution in [0.5, 0.6) is 6.01 Å². The molecule has 3 heterocycles. The number of hydrogen-bond donors (Lipinski definition) is 0. The summed E-state index contributed by atoms with van der Waals surface area (Å²) in [6.45, 7) is 1.67. The summed E-state index contributed by atoms with van der Waals surface area (Å²) in [6, 6.07) is 3.85. The Bertz CT molecular complexity index is 707. The van der Waals surface area contributed by atoms with Crippen molar-refractivity contribution in [3.63, 3.8) is 0 Å². The second kappa shape index (κ2) is 6.17. The van der Waals surface area contributed by atoms with Gasteiger partial charge in [0.2, 0.25) is 5.91 Å². The summed E-state index contributed by atoms with van der Waals surface area (Å²) in [5, 5.41) is 16.7. The average Bonchev–Trinajstić information content (AvgIpc) is 2.96. The zero-order valence-corrected chi connectivity index (χ0v) is 11.7. The second-order valence-electron chi connectivity index (χ2n) is 4.65. The summed E-state index contributed by atoms with van der Waals surface area (Å²) >= 11 is 0. The highest BCUT2D eigenvalue weighted by atomic mass is 16.5. The van der Waals surface area contributed by atoms with E-state index in [2.05, 4.69) is 20.2 Å². The first-order valence-corrected chi connectivity index (χ1v) is 6.73. The molecule has 0 saturated heterocycles. The van der Waals surface area contributed by atoms with Crippen molar-refractivity contribution in [3.8, 4) is 12.1 Å². The SMILES string of the molecule is N#CCC(=O)N1CCn2c(COc3ncccn3)nnc2C1. The molecule has 0 fully saturated rings. The molecule has 0 aromatic carbocycles. The lowest BCUT2D eigenvalue weighted by Gasteiger charge is -2.27. The van der Waals surface area contributed by atoms with Gasteiger partial charge in [-0.15, -0.1) is 10.2 Å². The van der Waals surface area contributed by atoms with Gasteiger partial charge in [-0.3, -0.25) is 4.79 Å². The highest BCUT2D eigenvalue weighted by Gasteiger charge is 2.24. The monoisotopic (exact) mass is 299 g/mol. The maximum atomic E-state index is 11.7. The Morgan fingerprint density at radius 3 is 2.91 bits per heavy atom. The summed E-state index contributed by atoms with van der Waals surface area (Å²) in [4.78, 5) is 21.3. The van der Waals surface area contributed by atoms with Gasteiger partial charge < -0.3 is 14.2 Å². The number of hydrogen-bond acceptors (Lipinski definition) is 7. The van der Waals surface area contributed by atoms with E-state index in [1.807, 2.05) is 10.6 Å². The molecule has 22 heavy (non-hydrogen) atoms. The molecule has 0 saturated carbocycles. The molecule has 0 N–H and O–H groups in total. The zero-order chi connectivity index (χ0) is 15.4. The van der Waals surface area contributed by atoms with Crippen molar-refractivity contribution in [2.75, 3.05) is 6.54 Å². The summed E-state index contributed by atoms with van der Waals surface area (Å²) in [7, 11) is 0. The second-order valence-corrected chi connectivity index (χ2v) is 4.65. The smallest absolute Gasteiger partial charge is 0.316 e. The van der Waals surface area contributed by atoms with Crippen LogP contribution >= 0.6 is 0 Å². The van der Waals surface area contributed by atoms with Crippen LogP contribution in [0.3, 0.4) is 0 Å². The molecule has 0 aliphatic carbocycles. The maximum Gasteiger partial charge on any atom is 0.316 e. The van der Waals surface area contributed by atoms with Gasteiger partial charge >= 0.3 is 6.01 Å². The van der Waals surface area contributed by atoms with Gasteiger partial charge in [0.1, 0.15) is 6.42 Å². The maximum absolute atomic E-state index is 11.7. The van der Waals surface area contributed by atoms with Crippen LogP contribution in [0.15, 0.2) is 18.5 Å². The van der Waals surface area contributed by atoms with Crippen LogP contribution in [0.2, 0.25) is 0 Å². The number of amides is 1. The van der Waals surface area contributed by atoms with Crippen LogP contribution in [-0.4, -0.2) is 42.1 Å². The molecule has 0 bridgehead atoms. The minimum absolute atomic E-state index is 0.116. The number of rotatable bonds is 4. The number of carbonyl (C=O) groups excluding carboxylic acids is 1. The Kier molecular flexibility index (Phi) is 3.91. The molecule has 0 radical (unpaired) electrons. The van der Waals surface area contributed by atoms with E-state index in [9.17, 15) is 4.79 Å². The quantitative estimate of drug-likeness (QED) is 0.775. The molecule has 2 aromatic heterocycles. The molecule has 0 atom stereocenters. The fourth-order valence-corrected chi connectivity index (χ4v) is 2.21. The van der Waals surface area contributed by atoms with E-state index < -0.39 is 0 Å². The van der Waals surface area contributed by atoms with E-state index in [1.165, 1.54) is 0 Å². The summed E-state index contributed by atoms with van der Waals surface area (Å²) < 4.78 is 7.38. The van der Waals surface area contributed by atoms with Gasteiger partial charge in [-0.05, 0) is 6.07 Å². The van der Waals surface area contributed by atoms with Crippen LogP contribution in [0.25, 0.3) is 0 Å². The van der Waals surface area contributed by atoms with Gasteiger partial charge in [0.05, 0.1) is 12.6 Å². The number of nitrogens with zero attached hydrogens (tertiary/aromatic N) is 7. The Morgan fingerprint density at radius 2 is 2.14 bits per heavy atom. The molecule has 1 amide bonds. The number of nitriles is 1. The van der Waals surface area contributed by atoms with Crippen molar-refractivity contribution in [1.29, 1.82) is 5.26 Å². The van der Waals surface area contributed by atoms with Crippen LogP contribution in [-0.2, 0) is 24.5 Å². The first kappa shape index (κ1) is 13.9. The lowest BCUT2D eigenvalue weighted by Crippen LogP contribution is -2.38. The van der Waals surface area contributed by atoms with Gasteiger partial charge in [0.25, 0.3) is 0 Å². The summed E-state index contributed by atoms with van der Waals surface area (Å²) in [6.07, 6.45) is 3.08. The first-order valence-electron chi connectivity index (χ1n) is 6.73. The van der Waals surface area contributed by atoms with Crippen LogP contribution < -0.4 is 4.74 Å². The van der Waals surface area contributed by atoms with E-state index in [4.69, 9.17) is 10.00 Å². The largest absolute Gasteiger partial charge is 0.455 e. The molecule has 1 aliphatic rings.